The highest BCUT2D eigenvalue weighted by Crippen LogP contribution is 2.31. The molecule has 1 fully saturated rings. The SMILES string of the molecule is O=S(=O)(CCOCC1CC1)Nc1c(Cl)ccc2cnccc12. The van der Waals surface area contributed by atoms with E-state index in [2.05, 4.69) is 9.71 Å². The average Bonchev–Trinajstić information content (AvgIpc) is 3.31. The molecule has 0 amide bonds. The van der Waals surface area contributed by atoms with Crippen LogP contribution in [0.4, 0.5) is 5.69 Å². The van der Waals surface area contributed by atoms with E-state index in [1.54, 1.807) is 30.6 Å². The summed E-state index contributed by atoms with van der Waals surface area (Å²) in [5.41, 5.74) is 0.392. The van der Waals surface area contributed by atoms with Crippen molar-refractivity contribution in [3.63, 3.8) is 0 Å². The molecule has 7 heteroatoms. The van der Waals surface area contributed by atoms with Gasteiger partial charge in [0.1, 0.15) is 0 Å². The predicted molar refractivity (Wildman–Crippen MR) is 87.7 cm³/mol. The van der Waals surface area contributed by atoms with Crippen molar-refractivity contribution in [2.24, 2.45) is 5.92 Å². The van der Waals surface area contributed by atoms with Crippen LogP contribution in [0.3, 0.4) is 0 Å². The highest BCUT2D eigenvalue weighted by molar-refractivity contribution is 7.92. The highest BCUT2D eigenvalue weighted by atomic mass is 35.5. The first-order valence-electron chi connectivity index (χ1n) is 7.15. The number of nitrogens with zero attached hydrogens (tertiary/aromatic N) is 1. The molecule has 0 radical (unpaired) electrons. The van der Waals surface area contributed by atoms with Gasteiger partial charge < -0.3 is 4.74 Å². The van der Waals surface area contributed by atoms with Crippen LogP contribution in [0.15, 0.2) is 30.6 Å². The molecule has 1 aromatic heterocycles. The largest absolute Gasteiger partial charge is 0.380 e. The van der Waals surface area contributed by atoms with Crippen molar-refractivity contribution in [3.8, 4) is 0 Å². The number of sulfonamides is 1. The smallest absolute Gasteiger partial charge is 0.235 e. The van der Waals surface area contributed by atoms with E-state index in [-0.39, 0.29) is 12.4 Å². The molecule has 2 aromatic rings. The third kappa shape index (κ3) is 3.88. The molecule has 1 aliphatic rings. The van der Waals surface area contributed by atoms with Gasteiger partial charge in [0.05, 0.1) is 23.1 Å². The molecule has 1 N–H and O–H groups in total. The van der Waals surface area contributed by atoms with E-state index in [4.69, 9.17) is 16.3 Å². The zero-order chi connectivity index (χ0) is 15.6. The molecule has 0 atom stereocenters. The summed E-state index contributed by atoms with van der Waals surface area (Å²) in [4.78, 5) is 4.02. The monoisotopic (exact) mass is 340 g/mol. The molecule has 5 nitrogen and oxygen atoms in total. The lowest BCUT2D eigenvalue weighted by molar-refractivity contribution is 0.138. The van der Waals surface area contributed by atoms with Crippen molar-refractivity contribution >= 4 is 38.1 Å². The fourth-order valence-corrected chi connectivity index (χ4v) is 3.39. The van der Waals surface area contributed by atoms with E-state index in [1.807, 2.05) is 0 Å². The molecule has 0 spiro atoms. The van der Waals surface area contributed by atoms with E-state index in [0.717, 1.165) is 10.8 Å². The second-order valence-electron chi connectivity index (χ2n) is 5.46. The maximum Gasteiger partial charge on any atom is 0.235 e. The first-order valence-corrected chi connectivity index (χ1v) is 9.19. The Morgan fingerprint density at radius 2 is 2.14 bits per heavy atom. The minimum absolute atomic E-state index is 0.0858. The summed E-state index contributed by atoms with van der Waals surface area (Å²) < 4.78 is 32.3. The Kier molecular flexibility index (Phi) is 4.52. The lowest BCUT2D eigenvalue weighted by atomic mass is 10.1. The molecule has 0 unspecified atom stereocenters. The molecule has 0 aliphatic heterocycles. The fraction of sp³-hybridized carbons (Fsp3) is 0.400. The molecule has 1 aliphatic carbocycles. The van der Waals surface area contributed by atoms with Gasteiger partial charge in [-0.25, -0.2) is 8.42 Å². The summed E-state index contributed by atoms with van der Waals surface area (Å²) in [5, 5.41) is 1.92. The van der Waals surface area contributed by atoms with Gasteiger partial charge in [0.15, 0.2) is 0 Å². The number of nitrogens with one attached hydrogen (secondary N) is 1. The van der Waals surface area contributed by atoms with Gasteiger partial charge in [0, 0.05) is 29.8 Å². The number of ether oxygens (including phenoxy) is 1. The molecule has 1 saturated carbocycles. The first kappa shape index (κ1) is 15.5. The zero-order valence-electron chi connectivity index (χ0n) is 12.0. The van der Waals surface area contributed by atoms with Crippen molar-refractivity contribution in [2.75, 3.05) is 23.7 Å². The van der Waals surface area contributed by atoms with E-state index >= 15 is 0 Å². The summed E-state index contributed by atoms with van der Waals surface area (Å²) in [6.07, 6.45) is 5.65. The Morgan fingerprint density at radius 3 is 2.91 bits per heavy atom. The van der Waals surface area contributed by atoms with Crippen LogP contribution in [0.2, 0.25) is 5.02 Å². The quantitative estimate of drug-likeness (QED) is 0.786. The zero-order valence-corrected chi connectivity index (χ0v) is 13.5. The number of benzene rings is 1. The maximum absolute atomic E-state index is 12.2. The number of hydrogen-bond acceptors (Lipinski definition) is 4. The Bertz CT molecular complexity index is 775. The third-order valence-electron chi connectivity index (χ3n) is 3.57. The normalized spacial score (nSPS) is 15.1. The van der Waals surface area contributed by atoms with E-state index in [9.17, 15) is 8.42 Å². The van der Waals surface area contributed by atoms with E-state index < -0.39 is 10.0 Å². The standard InChI is InChI=1S/C15H17ClN2O3S/c16-14-4-3-12-9-17-6-5-13(12)15(14)18-22(19,20)8-7-21-10-11-1-2-11/h3-6,9,11,18H,1-2,7-8,10H2. The summed E-state index contributed by atoms with van der Waals surface area (Å²) in [6.45, 7) is 0.839. The van der Waals surface area contributed by atoms with Gasteiger partial charge in [-0.1, -0.05) is 17.7 Å². The van der Waals surface area contributed by atoms with Crippen molar-refractivity contribution in [1.29, 1.82) is 0 Å². The van der Waals surface area contributed by atoms with Crippen molar-refractivity contribution in [3.05, 3.63) is 35.6 Å². The van der Waals surface area contributed by atoms with Gasteiger partial charge in [-0.2, -0.15) is 0 Å². The molecule has 22 heavy (non-hydrogen) atoms. The van der Waals surface area contributed by atoms with Crippen molar-refractivity contribution in [2.45, 2.75) is 12.8 Å². The number of pyridine rings is 1. The number of aromatic nitrogens is 1. The molecule has 0 saturated heterocycles. The summed E-state index contributed by atoms with van der Waals surface area (Å²) in [7, 11) is -3.51. The average molecular weight is 341 g/mol. The van der Waals surface area contributed by atoms with Gasteiger partial charge in [-0.3, -0.25) is 9.71 Å². The van der Waals surface area contributed by atoms with E-state index in [0.29, 0.717) is 23.2 Å². The number of halogens is 1. The van der Waals surface area contributed by atoms with Crippen LogP contribution in [0.1, 0.15) is 12.8 Å². The van der Waals surface area contributed by atoms with Gasteiger partial charge in [0.25, 0.3) is 0 Å². The number of anilines is 1. The van der Waals surface area contributed by atoms with Crippen LogP contribution < -0.4 is 4.72 Å². The highest BCUT2D eigenvalue weighted by Gasteiger charge is 2.21. The van der Waals surface area contributed by atoms with Crippen LogP contribution in [0, 0.1) is 5.92 Å². The molecule has 1 aromatic carbocycles. The molecule has 3 rings (SSSR count). The maximum atomic E-state index is 12.2. The Balaban J connectivity index is 1.72. The summed E-state index contributed by atoms with van der Waals surface area (Å²) >= 11 is 6.14. The van der Waals surface area contributed by atoms with Crippen molar-refractivity contribution in [1.82, 2.24) is 4.98 Å². The summed E-state index contributed by atoms with van der Waals surface area (Å²) in [5.74, 6) is 0.535. The molecule has 1 heterocycles. The number of rotatable bonds is 7. The first-order chi connectivity index (χ1) is 10.6. The van der Waals surface area contributed by atoms with Crippen LogP contribution in [0.25, 0.3) is 10.8 Å². The van der Waals surface area contributed by atoms with Crippen LogP contribution >= 0.6 is 11.6 Å². The molecular formula is C15H17ClN2O3S. The minimum atomic E-state index is -3.51. The lowest BCUT2D eigenvalue weighted by Crippen LogP contribution is -2.21. The predicted octanol–water partition coefficient (Wildman–Crippen LogP) is 3.06. The van der Waals surface area contributed by atoms with Crippen LogP contribution in [-0.2, 0) is 14.8 Å². The van der Waals surface area contributed by atoms with Gasteiger partial charge in [0.2, 0.25) is 10.0 Å². The topological polar surface area (TPSA) is 68.3 Å². The Labute approximate surface area is 134 Å². The van der Waals surface area contributed by atoms with E-state index in [1.165, 1.54) is 12.8 Å². The van der Waals surface area contributed by atoms with Crippen LogP contribution in [0.5, 0.6) is 0 Å². The van der Waals surface area contributed by atoms with Gasteiger partial charge in [-0.05, 0) is 30.9 Å². The second-order valence-corrected chi connectivity index (χ2v) is 7.71. The van der Waals surface area contributed by atoms with Gasteiger partial charge in [-0.15, -0.1) is 0 Å². The molecule has 0 bridgehead atoms. The third-order valence-corrected chi connectivity index (χ3v) is 5.11. The summed E-state index contributed by atoms with van der Waals surface area (Å²) in [6, 6.07) is 5.21. The van der Waals surface area contributed by atoms with Gasteiger partial charge >= 0.3 is 0 Å². The molecule has 118 valence electrons. The number of fused-ring (bicyclic) bond motifs is 1. The Morgan fingerprint density at radius 1 is 1.32 bits per heavy atom. The Hall–Kier alpha value is -1.37. The lowest BCUT2D eigenvalue weighted by Gasteiger charge is -2.12. The second kappa shape index (κ2) is 6.40. The fourth-order valence-electron chi connectivity index (χ4n) is 2.16. The minimum Gasteiger partial charge on any atom is -0.380 e. The van der Waals surface area contributed by atoms with Crippen LogP contribution in [-0.4, -0.2) is 32.4 Å². The molecular weight excluding hydrogens is 324 g/mol. The van der Waals surface area contributed by atoms with Crippen molar-refractivity contribution < 1.29 is 13.2 Å². The number of hydrogen-bond donors (Lipinski definition) is 1.